The molecule has 3 aliphatic rings. The van der Waals surface area contributed by atoms with Gasteiger partial charge in [-0.05, 0) is 75.6 Å². The van der Waals surface area contributed by atoms with Crippen molar-refractivity contribution in [3.05, 3.63) is 35.4 Å². The molecule has 1 aromatic carbocycles. The topological polar surface area (TPSA) is 24.1 Å². The number of nitrogens with one attached hydrogen (secondary N) is 2. The molecule has 2 heteroatoms. The summed E-state index contributed by atoms with van der Waals surface area (Å²) in [7, 11) is 0. The lowest BCUT2D eigenvalue weighted by molar-refractivity contribution is 0.285. The van der Waals surface area contributed by atoms with Crippen LogP contribution in [-0.4, -0.2) is 25.2 Å². The zero-order valence-electron chi connectivity index (χ0n) is 13.2. The van der Waals surface area contributed by atoms with Crippen LogP contribution in [0.1, 0.15) is 50.2 Å². The van der Waals surface area contributed by atoms with Gasteiger partial charge < -0.3 is 10.6 Å². The lowest BCUT2D eigenvalue weighted by atomic mass is 9.79. The molecule has 3 atom stereocenters. The van der Waals surface area contributed by atoms with Crippen molar-refractivity contribution in [1.82, 2.24) is 10.6 Å². The Morgan fingerprint density at radius 2 is 2.05 bits per heavy atom. The molecular formula is C19H28N2. The highest BCUT2D eigenvalue weighted by molar-refractivity contribution is 5.44. The van der Waals surface area contributed by atoms with E-state index in [0.717, 1.165) is 12.0 Å². The van der Waals surface area contributed by atoms with Gasteiger partial charge in [0.1, 0.15) is 0 Å². The second-order valence-electron chi connectivity index (χ2n) is 7.47. The van der Waals surface area contributed by atoms with E-state index in [2.05, 4.69) is 41.8 Å². The van der Waals surface area contributed by atoms with Gasteiger partial charge in [0.25, 0.3) is 0 Å². The van der Waals surface area contributed by atoms with E-state index < -0.39 is 0 Å². The minimum Gasteiger partial charge on any atom is -0.317 e. The molecule has 1 heterocycles. The second-order valence-corrected chi connectivity index (χ2v) is 7.47. The highest BCUT2D eigenvalue weighted by Crippen LogP contribution is 2.55. The Hall–Kier alpha value is -0.860. The molecule has 114 valence electrons. The number of hydrogen-bond acceptors (Lipinski definition) is 2. The lowest BCUT2D eigenvalue weighted by Crippen LogP contribution is -2.42. The van der Waals surface area contributed by atoms with Crippen LogP contribution in [-0.2, 0) is 11.8 Å². The minimum absolute atomic E-state index is 0.482. The van der Waals surface area contributed by atoms with Crippen LogP contribution in [0.5, 0.6) is 0 Å². The lowest BCUT2D eigenvalue weighted by Gasteiger charge is -2.31. The Morgan fingerprint density at radius 1 is 1.24 bits per heavy atom. The molecule has 0 bridgehead atoms. The highest BCUT2D eigenvalue weighted by atomic mass is 15.0. The van der Waals surface area contributed by atoms with E-state index in [1.165, 1.54) is 51.6 Å². The SMILES string of the molecule is CC(NC1CC12CCCc1ccccc12)C1CCNCC1. The minimum atomic E-state index is 0.482. The maximum Gasteiger partial charge on any atom is 0.0176 e. The van der Waals surface area contributed by atoms with Crippen molar-refractivity contribution in [2.24, 2.45) is 5.92 Å². The molecule has 2 N–H and O–H groups in total. The molecule has 2 nitrogen and oxygen atoms in total. The van der Waals surface area contributed by atoms with Gasteiger partial charge in [-0.15, -0.1) is 0 Å². The van der Waals surface area contributed by atoms with Crippen LogP contribution < -0.4 is 10.6 Å². The Balaban J connectivity index is 1.45. The molecule has 2 fully saturated rings. The van der Waals surface area contributed by atoms with Crippen molar-refractivity contribution < 1.29 is 0 Å². The zero-order valence-corrected chi connectivity index (χ0v) is 13.2. The normalized spacial score (nSPS) is 33.7. The summed E-state index contributed by atoms with van der Waals surface area (Å²) in [5.41, 5.74) is 3.75. The van der Waals surface area contributed by atoms with Gasteiger partial charge in [0.05, 0.1) is 0 Å². The van der Waals surface area contributed by atoms with Gasteiger partial charge in [-0.3, -0.25) is 0 Å². The van der Waals surface area contributed by atoms with E-state index in [1.807, 2.05) is 0 Å². The maximum atomic E-state index is 4.00. The fourth-order valence-corrected chi connectivity index (χ4v) is 4.85. The van der Waals surface area contributed by atoms with Crippen LogP contribution in [0.2, 0.25) is 0 Å². The number of benzene rings is 1. The van der Waals surface area contributed by atoms with E-state index in [4.69, 9.17) is 0 Å². The van der Waals surface area contributed by atoms with E-state index in [-0.39, 0.29) is 0 Å². The van der Waals surface area contributed by atoms with Crippen molar-refractivity contribution in [1.29, 1.82) is 0 Å². The van der Waals surface area contributed by atoms with Gasteiger partial charge in [-0.25, -0.2) is 0 Å². The maximum absolute atomic E-state index is 4.00. The largest absolute Gasteiger partial charge is 0.317 e. The Kier molecular flexibility index (Phi) is 3.55. The molecule has 0 radical (unpaired) electrons. The second kappa shape index (κ2) is 5.40. The molecule has 1 aliphatic heterocycles. The third kappa shape index (κ3) is 2.43. The summed E-state index contributed by atoms with van der Waals surface area (Å²) >= 11 is 0. The van der Waals surface area contributed by atoms with Gasteiger partial charge in [0.2, 0.25) is 0 Å². The van der Waals surface area contributed by atoms with Crippen molar-refractivity contribution in [3.8, 4) is 0 Å². The van der Waals surface area contributed by atoms with E-state index >= 15 is 0 Å². The number of piperidine rings is 1. The van der Waals surface area contributed by atoms with E-state index in [0.29, 0.717) is 11.5 Å². The Bertz CT molecular complexity index is 506. The molecule has 1 spiro atoms. The first-order valence-electron chi connectivity index (χ1n) is 8.85. The molecule has 2 aliphatic carbocycles. The zero-order chi connectivity index (χ0) is 14.3. The van der Waals surface area contributed by atoms with Gasteiger partial charge in [-0.2, -0.15) is 0 Å². The summed E-state index contributed by atoms with van der Waals surface area (Å²) in [5, 5.41) is 7.48. The first-order valence-corrected chi connectivity index (χ1v) is 8.85. The number of aryl methyl sites for hydroxylation is 1. The highest BCUT2D eigenvalue weighted by Gasteiger charge is 2.56. The Labute approximate surface area is 128 Å². The van der Waals surface area contributed by atoms with Crippen molar-refractivity contribution >= 4 is 0 Å². The van der Waals surface area contributed by atoms with Gasteiger partial charge in [0, 0.05) is 17.5 Å². The van der Waals surface area contributed by atoms with Crippen LogP contribution >= 0.6 is 0 Å². The molecule has 1 saturated carbocycles. The number of hydrogen-bond donors (Lipinski definition) is 2. The molecular weight excluding hydrogens is 256 g/mol. The Morgan fingerprint density at radius 3 is 2.90 bits per heavy atom. The van der Waals surface area contributed by atoms with Crippen LogP contribution in [0.4, 0.5) is 0 Å². The van der Waals surface area contributed by atoms with Gasteiger partial charge in [-0.1, -0.05) is 24.3 Å². The predicted molar refractivity (Wildman–Crippen MR) is 87.7 cm³/mol. The molecule has 1 aromatic rings. The average Bonchev–Trinajstić information content (AvgIpc) is 3.21. The molecule has 0 aromatic heterocycles. The molecule has 1 saturated heterocycles. The third-order valence-corrected chi connectivity index (χ3v) is 6.25. The summed E-state index contributed by atoms with van der Waals surface area (Å²) in [4.78, 5) is 0. The standard InChI is InChI=1S/C19H28N2/c1-14(15-8-11-20-12-9-15)21-18-13-19(18)10-4-6-16-5-2-3-7-17(16)19/h2-3,5,7,14-15,18,20-21H,4,6,8-13H2,1H3. The van der Waals surface area contributed by atoms with Gasteiger partial charge in [0.15, 0.2) is 0 Å². The monoisotopic (exact) mass is 284 g/mol. The van der Waals surface area contributed by atoms with E-state index in [1.54, 1.807) is 11.1 Å². The summed E-state index contributed by atoms with van der Waals surface area (Å²) in [6.07, 6.45) is 8.08. The molecule has 21 heavy (non-hydrogen) atoms. The first-order chi connectivity index (χ1) is 10.3. The summed E-state index contributed by atoms with van der Waals surface area (Å²) in [5.74, 6) is 0.864. The summed E-state index contributed by atoms with van der Waals surface area (Å²) in [6.45, 7) is 4.82. The molecule has 0 amide bonds. The molecule has 4 rings (SSSR count). The average molecular weight is 284 g/mol. The number of rotatable bonds is 3. The van der Waals surface area contributed by atoms with Crippen molar-refractivity contribution in [3.63, 3.8) is 0 Å². The van der Waals surface area contributed by atoms with Crippen LogP contribution in [0.3, 0.4) is 0 Å². The van der Waals surface area contributed by atoms with Crippen LogP contribution in [0.15, 0.2) is 24.3 Å². The fourth-order valence-electron chi connectivity index (χ4n) is 4.85. The van der Waals surface area contributed by atoms with Crippen LogP contribution in [0.25, 0.3) is 0 Å². The van der Waals surface area contributed by atoms with E-state index in [9.17, 15) is 0 Å². The van der Waals surface area contributed by atoms with Crippen molar-refractivity contribution in [2.75, 3.05) is 13.1 Å². The number of fused-ring (bicyclic) bond motifs is 2. The summed E-state index contributed by atoms with van der Waals surface area (Å²) in [6, 6.07) is 10.6. The van der Waals surface area contributed by atoms with Crippen molar-refractivity contribution in [2.45, 2.75) is 62.9 Å². The first kappa shape index (κ1) is 13.8. The third-order valence-electron chi connectivity index (χ3n) is 6.25. The van der Waals surface area contributed by atoms with Crippen LogP contribution in [0, 0.1) is 5.92 Å². The van der Waals surface area contributed by atoms with Gasteiger partial charge >= 0.3 is 0 Å². The quantitative estimate of drug-likeness (QED) is 0.891. The smallest absolute Gasteiger partial charge is 0.0176 e. The predicted octanol–water partition coefficient (Wildman–Crippen LogP) is 3.01. The summed E-state index contributed by atoms with van der Waals surface area (Å²) < 4.78 is 0. The molecule has 3 unspecified atom stereocenters. The fraction of sp³-hybridized carbons (Fsp3) is 0.684.